The largest absolute Gasteiger partial charge is 0.342 e. The normalized spacial score (nSPS) is 27.0. The van der Waals surface area contributed by atoms with Crippen LogP contribution in [0.4, 0.5) is 0 Å². The number of benzene rings is 1. The van der Waals surface area contributed by atoms with E-state index < -0.39 is 0 Å². The molecule has 1 aromatic rings. The number of amides is 2. The molecule has 1 N–H and O–H groups in total. The standard InChI is InChI=1S/C20H26ClN3O2/c1-20(11-17(22)23(2)19(26)12-20)15-6-4-8-24(13-15)18(25)10-14-5-3-7-16(21)9-14/h3,5,7,9,15,22H,4,6,8,10-13H2,1-2H3/t15?,20-/m0/s1. The summed E-state index contributed by atoms with van der Waals surface area (Å²) in [5, 5.41) is 8.76. The minimum absolute atomic E-state index is 0.00567. The molecule has 0 aliphatic carbocycles. The molecule has 26 heavy (non-hydrogen) atoms. The Labute approximate surface area is 159 Å². The van der Waals surface area contributed by atoms with Crippen molar-refractivity contribution in [2.45, 2.75) is 39.0 Å². The van der Waals surface area contributed by atoms with Gasteiger partial charge in [0.05, 0.1) is 6.42 Å². The Bertz CT molecular complexity index is 716. The van der Waals surface area contributed by atoms with Crippen molar-refractivity contribution in [3.05, 3.63) is 34.9 Å². The number of nitrogens with zero attached hydrogens (tertiary/aromatic N) is 2. The molecule has 140 valence electrons. The maximum atomic E-state index is 12.8. The highest BCUT2D eigenvalue weighted by Gasteiger charge is 2.44. The van der Waals surface area contributed by atoms with Crippen LogP contribution in [0.5, 0.6) is 0 Å². The summed E-state index contributed by atoms with van der Waals surface area (Å²) in [7, 11) is 1.67. The van der Waals surface area contributed by atoms with E-state index in [2.05, 4.69) is 6.92 Å². The van der Waals surface area contributed by atoms with Gasteiger partial charge in [-0.2, -0.15) is 0 Å². The first-order chi connectivity index (χ1) is 12.3. The molecule has 2 heterocycles. The van der Waals surface area contributed by atoms with Crippen LogP contribution in [-0.4, -0.2) is 47.6 Å². The number of piperidine rings is 2. The molecule has 0 saturated carbocycles. The maximum absolute atomic E-state index is 12.8. The van der Waals surface area contributed by atoms with Gasteiger partial charge < -0.3 is 9.80 Å². The van der Waals surface area contributed by atoms with Gasteiger partial charge in [0.1, 0.15) is 5.84 Å². The van der Waals surface area contributed by atoms with Crippen molar-refractivity contribution in [2.24, 2.45) is 11.3 Å². The van der Waals surface area contributed by atoms with E-state index in [0.29, 0.717) is 36.7 Å². The molecule has 1 unspecified atom stereocenters. The maximum Gasteiger partial charge on any atom is 0.228 e. The molecule has 2 aliphatic rings. The molecule has 0 bridgehead atoms. The highest BCUT2D eigenvalue weighted by molar-refractivity contribution is 6.30. The smallest absolute Gasteiger partial charge is 0.228 e. The molecule has 1 aromatic carbocycles. The predicted molar refractivity (Wildman–Crippen MR) is 102 cm³/mol. The van der Waals surface area contributed by atoms with E-state index in [9.17, 15) is 9.59 Å². The summed E-state index contributed by atoms with van der Waals surface area (Å²) in [6.45, 7) is 3.53. The second-order valence-corrected chi connectivity index (χ2v) is 8.33. The number of nitrogens with one attached hydrogen (secondary N) is 1. The van der Waals surface area contributed by atoms with Crippen molar-refractivity contribution < 1.29 is 9.59 Å². The Hall–Kier alpha value is -1.88. The number of amidine groups is 1. The summed E-state index contributed by atoms with van der Waals surface area (Å²) in [5.41, 5.74) is 0.683. The number of hydrogen-bond donors (Lipinski definition) is 1. The zero-order valence-electron chi connectivity index (χ0n) is 15.4. The molecule has 6 heteroatoms. The molecule has 2 fully saturated rings. The van der Waals surface area contributed by atoms with Crippen LogP contribution in [0.2, 0.25) is 5.02 Å². The van der Waals surface area contributed by atoms with Crippen LogP contribution in [0.15, 0.2) is 24.3 Å². The fourth-order valence-electron chi connectivity index (χ4n) is 4.17. The Morgan fingerprint density at radius 1 is 1.38 bits per heavy atom. The quantitative estimate of drug-likeness (QED) is 0.880. The molecule has 0 aromatic heterocycles. The van der Waals surface area contributed by atoms with E-state index in [4.69, 9.17) is 17.0 Å². The van der Waals surface area contributed by atoms with Gasteiger partial charge in [-0.1, -0.05) is 30.7 Å². The number of carbonyl (C=O) groups excluding carboxylic acids is 2. The van der Waals surface area contributed by atoms with E-state index in [0.717, 1.165) is 24.9 Å². The van der Waals surface area contributed by atoms with Gasteiger partial charge in [-0.05, 0) is 41.9 Å². The van der Waals surface area contributed by atoms with Crippen LogP contribution >= 0.6 is 11.6 Å². The first-order valence-corrected chi connectivity index (χ1v) is 9.52. The topological polar surface area (TPSA) is 64.5 Å². The lowest BCUT2D eigenvalue weighted by atomic mass is 9.67. The van der Waals surface area contributed by atoms with E-state index in [1.807, 2.05) is 23.1 Å². The average Bonchev–Trinajstić information content (AvgIpc) is 2.60. The third kappa shape index (κ3) is 3.93. The molecular formula is C20H26ClN3O2. The van der Waals surface area contributed by atoms with Gasteiger partial charge in [-0.3, -0.25) is 15.0 Å². The van der Waals surface area contributed by atoms with Crippen LogP contribution in [0.3, 0.4) is 0 Å². The molecule has 0 radical (unpaired) electrons. The Kier molecular flexibility index (Phi) is 5.37. The predicted octanol–water partition coefficient (Wildman–Crippen LogP) is 3.36. The molecule has 3 rings (SSSR count). The zero-order chi connectivity index (χ0) is 18.9. The first-order valence-electron chi connectivity index (χ1n) is 9.15. The number of rotatable bonds is 3. The van der Waals surface area contributed by atoms with Gasteiger partial charge >= 0.3 is 0 Å². The third-order valence-corrected chi connectivity index (χ3v) is 6.14. The average molecular weight is 376 g/mol. The molecule has 2 aliphatic heterocycles. The highest BCUT2D eigenvalue weighted by Crippen LogP contribution is 2.43. The summed E-state index contributed by atoms with van der Waals surface area (Å²) in [4.78, 5) is 28.4. The molecule has 2 saturated heterocycles. The summed E-state index contributed by atoms with van der Waals surface area (Å²) < 4.78 is 0. The van der Waals surface area contributed by atoms with Crippen molar-refractivity contribution in [1.82, 2.24) is 9.80 Å². The van der Waals surface area contributed by atoms with Gasteiger partial charge in [0.15, 0.2) is 0 Å². The first kappa shape index (κ1) is 18.9. The molecular weight excluding hydrogens is 350 g/mol. The van der Waals surface area contributed by atoms with E-state index in [1.165, 1.54) is 4.90 Å². The summed E-state index contributed by atoms with van der Waals surface area (Å²) >= 11 is 6.02. The Morgan fingerprint density at radius 2 is 2.15 bits per heavy atom. The number of hydrogen-bond acceptors (Lipinski definition) is 3. The monoisotopic (exact) mass is 375 g/mol. The van der Waals surface area contributed by atoms with Crippen molar-refractivity contribution in [2.75, 3.05) is 20.1 Å². The number of likely N-dealkylation sites (tertiary alicyclic amines) is 2. The summed E-state index contributed by atoms with van der Waals surface area (Å²) in [5.74, 6) is 0.740. The zero-order valence-corrected chi connectivity index (χ0v) is 16.2. The van der Waals surface area contributed by atoms with Gasteiger partial charge in [-0.15, -0.1) is 0 Å². The number of carbonyl (C=O) groups is 2. The summed E-state index contributed by atoms with van der Waals surface area (Å²) in [6.07, 6.45) is 3.34. The minimum Gasteiger partial charge on any atom is -0.342 e. The van der Waals surface area contributed by atoms with Crippen LogP contribution < -0.4 is 0 Å². The Balaban J connectivity index is 1.68. The van der Waals surface area contributed by atoms with Gasteiger partial charge in [0.25, 0.3) is 0 Å². The van der Waals surface area contributed by atoms with Crippen LogP contribution in [0, 0.1) is 16.7 Å². The van der Waals surface area contributed by atoms with E-state index >= 15 is 0 Å². The molecule has 5 nitrogen and oxygen atoms in total. The molecule has 2 amide bonds. The van der Waals surface area contributed by atoms with Crippen molar-refractivity contribution in [3.63, 3.8) is 0 Å². The van der Waals surface area contributed by atoms with Crippen molar-refractivity contribution in [3.8, 4) is 0 Å². The van der Waals surface area contributed by atoms with Gasteiger partial charge in [0.2, 0.25) is 11.8 Å². The highest BCUT2D eigenvalue weighted by atomic mass is 35.5. The third-order valence-electron chi connectivity index (χ3n) is 5.91. The SMILES string of the molecule is CN1C(=N)C[C@](C)(C2CCCN(C(=O)Cc3cccc(Cl)c3)C2)CC1=O. The fraction of sp³-hybridized carbons (Fsp3) is 0.550. The Morgan fingerprint density at radius 3 is 2.85 bits per heavy atom. The van der Waals surface area contributed by atoms with E-state index in [1.54, 1.807) is 13.1 Å². The van der Waals surface area contributed by atoms with E-state index in [-0.39, 0.29) is 23.1 Å². The lowest BCUT2D eigenvalue weighted by Gasteiger charge is -2.46. The number of halogens is 1. The van der Waals surface area contributed by atoms with Crippen molar-refractivity contribution in [1.29, 1.82) is 5.41 Å². The van der Waals surface area contributed by atoms with Gasteiger partial charge in [-0.25, -0.2) is 0 Å². The lowest BCUT2D eigenvalue weighted by Crippen LogP contribution is -2.52. The van der Waals surface area contributed by atoms with Crippen LogP contribution in [0.25, 0.3) is 0 Å². The minimum atomic E-state index is -0.240. The lowest BCUT2D eigenvalue weighted by molar-refractivity contribution is -0.135. The second-order valence-electron chi connectivity index (χ2n) is 7.89. The molecule has 0 spiro atoms. The fourth-order valence-corrected chi connectivity index (χ4v) is 4.39. The van der Waals surface area contributed by atoms with Crippen LogP contribution in [0.1, 0.15) is 38.2 Å². The summed E-state index contributed by atoms with van der Waals surface area (Å²) in [6, 6.07) is 7.42. The second kappa shape index (κ2) is 7.39. The van der Waals surface area contributed by atoms with Crippen LogP contribution in [-0.2, 0) is 16.0 Å². The molecule has 2 atom stereocenters. The van der Waals surface area contributed by atoms with Gasteiger partial charge in [0, 0.05) is 38.0 Å². The van der Waals surface area contributed by atoms with Crippen molar-refractivity contribution >= 4 is 29.3 Å².